The third-order valence-electron chi connectivity index (χ3n) is 3.15. The first kappa shape index (κ1) is 16.3. The summed E-state index contributed by atoms with van der Waals surface area (Å²) < 4.78 is 49.3. The van der Waals surface area contributed by atoms with Gasteiger partial charge < -0.3 is 14.8 Å². The Morgan fingerprint density at radius 3 is 2.68 bits per heavy atom. The van der Waals surface area contributed by atoms with Crippen molar-refractivity contribution in [1.82, 2.24) is 0 Å². The fourth-order valence-corrected chi connectivity index (χ4v) is 1.92. The van der Waals surface area contributed by atoms with Gasteiger partial charge in [0, 0.05) is 6.61 Å². The molecule has 0 bridgehead atoms. The number of amides is 1. The standard InChI is InChI=1S/C14H14F3NO4/c1-7(22-14(20)10-3-2-6-21-10)13(19)18-9-5-4-8(15)11(16)12(9)17/h4-5,7,10H,2-3,6H2,1H3,(H,18,19)/t7-,10-/m0/s1. The van der Waals surface area contributed by atoms with Crippen LogP contribution >= 0.6 is 0 Å². The van der Waals surface area contributed by atoms with Crippen molar-refractivity contribution in [2.45, 2.75) is 32.0 Å². The van der Waals surface area contributed by atoms with E-state index in [2.05, 4.69) is 0 Å². The molecule has 0 saturated carbocycles. The molecule has 2 rings (SSSR count). The quantitative estimate of drug-likeness (QED) is 0.683. The lowest BCUT2D eigenvalue weighted by Gasteiger charge is -2.16. The zero-order chi connectivity index (χ0) is 16.3. The molecule has 0 spiro atoms. The number of hydrogen-bond acceptors (Lipinski definition) is 4. The molecule has 120 valence electrons. The zero-order valence-corrected chi connectivity index (χ0v) is 11.7. The summed E-state index contributed by atoms with van der Waals surface area (Å²) in [6.07, 6.45) is -0.717. The largest absolute Gasteiger partial charge is 0.451 e. The summed E-state index contributed by atoms with van der Waals surface area (Å²) >= 11 is 0. The summed E-state index contributed by atoms with van der Waals surface area (Å²) in [6.45, 7) is 1.72. The zero-order valence-electron chi connectivity index (χ0n) is 11.7. The molecule has 0 radical (unpaired) electrons. The van der Waals surface area contributed by atoms with E-state index >= 15 is 0 Å². The highest BCUT2D eigenvalue weighted by atomic mass is 19.2. The number of ether oxygens (including phenoxy) is 2. The second-order valence-electron chi connectivity index (χ2n) is 4.79. The van der Waals surface area contributed by atoms with Crippen LogP contribution in [0.1, 0.15) is 19.8 Å². The van der Waals surface area contributed by atoms with Crippen molar-refractivity contribution in [3.8, 4) is 0 Å². The lowest BCUT2D eigenvalue weighted by molar-refractivity contribution is -0.162. The molecule has 1 aliphatic heterocycles. The van der Waals surface area contributed by atoms with Gasteiger partial charge in [-0.25, -0.2) is 18.0 Å². The van der Waals surface area contributed by atoms with E-state index in [4.69, 9.17) is 9.47 Å². The van der Waals surface area contributed by atoms with Gasteiger partial charge in [-0.3, -0.25) is 4.79 Å². The van der Waals surface area contributed by atoms with Crippen molar-refractivity contribution in [2.24, 2.45) is 0 Å². The second-order valence-corrected chi connectivity index (χ2v) is 4.79. The maximum Gasteiger partial charge on any atom is 0.336 e. The van der Waals surface area contributed by atoms with E-state index in [1.165, 1.54) is 6.92 Å². The van der Waals surface area contributed by atoms with Gasteiger partial charge in [0.15, 0.2) is 29.7 Å². The molecule has 1 aromatic carbocycles. The molecule has 1 aliphatic rings. The third kappa shape index (κ3) is 3.56. The molecule has 0 unspecified atom stereocenters. The van der Waals surface area contributed by atoms with Gasteiger partial charge in [0.1, 0.15) is 0 Å². The fourth-order valence-electron chi connectivity index (χ4n) is 1.92. The van der Waals surface area contributed by atoms with E-state index in [0.717, 1.165) is 12.5 Å². The monoisotopic (exact) mass is 317 g/mol. The van der Waals surface area contributed by atoms with Crippen LogP contribution in [0.2, 0.25) is 0 Å². The minimum atomic E-state index is -1.69. The summed E-state index contributed by atoms with van der Waals surface area (Å²) in [5, 5.41) is 2.04. The van der Waals surface area contributed by atoms with E-state index in [0.29, 0.717) is 19.1 Å². The molecule has 0 aliphatic carbocycles. The predicted octanol–water partition coefficient (Wildman–Crippen LogP) is 2.15. The van der Waals surface area contributed by atoms with Crippen molar-refractivity contribution < 1.29 is 32.2 Å². The summed E-state index contributed by atoms with van der Waals surface area (Å²) in [6, 6.07) is 1.55. The van der Waals surface area contributed by atoms with Crippen LogP contribution in [0.3, 0.4) is 0 Å². The lowest BCUT2D eigenvalue weighted by atomic mass is 10.2. The number of esters is 1. The van der Waals surface area contributed by atoms with Crippen LogP contribution < -0.4 is 5.32 Å². The van der Waals surface area contributed by atoms with Crippen molar-refractivity contribution in [3.63, 3.8) is 0 Å². The molecule has 1 heterocycles. The topological polar surface area (TPSA) is 64.6 Å². The lowest BCUT2D eigenvalue weighted by Crippen LogP contribution is -2.34. The van der Waals surface area contributed by atoms with Crippen molar-refractivity contribution in [2.75, 3.05) is 11.9 Å². The number of carbonyl (C=O) groups excluding carboxylic acids is 2. The summed E-state index contributed by atoms with van der Waals surface area (Å²) in [5.74, 6) is -6.14. The molecule has 5 nitrogen and oxygen atoms in total. The number of hydrogen-bond donors (Lipinski definition) is 1. The van der Waals surface area contributed by atoms with E-state index in [1.807, 2.05) is 5.32 Å². The van der Waals surface area contributed by atoms with Crippen molar-refractivity contribution >= 4 is 17.6 Å². The number of anilines is 1. The Balaban J connectivity index is 1.96. The highest BCUT2D eigenvalue weighted by Gasteiger charge is 2.28. The summed E-state index contributed by atoms with van der Waals surface area (Å²) in [5.41, 5.74) is -0.538. The number of benzene rings is 1. The van der Waals surface area contributed by atoms with Crippen LogP contribution in [0.4, 0.5) is 18.9 Å². The molecular weight excluding hydrogens is 303 g/mol. The van der Waals surface area contributed by atoms with Gasteiger partial charge in [-0.15, -0.1) is 0 Å². The molecule has 8 heteroatoms. The average molecular weight is 317 g/mol. The molecule has 2 atom stereocenters. The van der Waals surface area contributed by atoms with Crippen LogP contribution in [-0.2, 0) is 19.1 Å². The average Bonchev–Trinajstić information content (AvgIpc) is 3.02. The van der Waals surface area contributed by atoms with E-state index in [1.54, 1.807) is 0 Å². The number of rotatable bonds is 4. The van der Waals surface area contributed by atoms with Crippen LogP contribution in [-0.4, -0.2) is 30.7 Å². The first-order chi connectivity index (χ1) is 10.4. The number of nitrogens with one attached hydrogen (secondary N) is 1. The van der Waals surface area contributed by atoms with Gasteiger partial charge in [-0.2, -0.15) is 0 Å². The first-order valence-electron chi connectivity index (χ1n) is 6.66. The number of carbonyl (C=O) groups is 2. The van der Waals surface area contributed by atoms with Gasteiger partial charge in [0.25, 0.3) is 5.91 Å². The van der Waals surface area contributed by atoms with Gasteiger partial charge >= 0.3 is 5.97 Å². The van der Waals surface area contributed by atoms with E-state index in [9.17, 15) is 22.8 Å². The van der Waals surface area contributed by atoms with E-state index < -0.39 is 47.2 Å². The molecule has 1 aromatic rings. The van der Waals surface area contributed by atoms with Gasteiger partial charge in [-0.1, -0.05) is 0 Å². The Morgan fingerprint density at radius 2 is 2.05 bits per heavy atom. The minimum absolute atomic E-state index is 0.445. The first-order valence-corrected chi connectivity index (χ1v) is 6.66. The predicted molar refractivity (Wildman–Crippen MR) is 69.5 cm³/mol. The van der Waals surface area contributed by atoms with Crippen molar-refractivity contribution in [3.05, 3.63) is 29.6 Å². The Morgan fingerprint density at radius 1 is 1.32 bits per heavy atom. The smallest absolute Gasteiger partial charge is 0.336 e. The maximum atomic E-state index is 13.4. The SMILES string of the molecule is C[C@H](OC(=O)[C@@H]1CCCO1)C(=O)Nc1ccc(F)c(F)c1F. The second kappa shape index (κ2) is 6.78. The van der Waals surface area contributed by atoms with Crippen LogP contribution in [0.5, 0.6) is 0 Å². The van der Waals surface area contributed by atoms with Gasteiger partial charge in [-0.05, 0) is 31.9 Å². The Hall–Kier alpha value is -2.09. The fraction of sp³-hybridized carbons (Fsp3) is 0.429. The van der Waals surface area contributed by atoms with Crippen LogP contribution in [0.25, 0.3) is 0 Å². The highest BCUT2D eigenvalue weighted by molar-refractivity contribution is 5.95. The Bertz CT molecular complexity index is 588. The number of halogens is 3. The minimum Gasteiger partial charge on any atom is -0.451 e. The molecule has 1 amide bonds. The molecule has 1 fully saturated rings. The normalized spacial score (nSPS) is 18.8. The van der Waals surface area contributed by atoms with Crippen LogP contribution in [0.15, 0.2) is 12.1 Å². The Kier molecular flexibility index (Phi) is 5.02. The molecular formula is C14H14F3NO4. The van der Waals surface area contributed by atoms with E-state index in [-0.39, 0.29) is 0 Å². The molecule has 1 saturated heterocycles. The van der Waals surface area contributed by atoms with Crippen LogP contribution in [0, 0.1) is 17.5 Å². The molecule has 22 heavy (non-hydrogen) atoms. The third-order valence-corrected chi connectivity index (χ3v) is 3.15. The maximum absolute atomic E-state index is 13.4. The molecule has 1 N–H and O–H groups in total. The van der Waals surface area contributed by atoms with Gasteiger partial charge in [0.2, 0.25) is 0 Å². The summed E-state index contributed by atoms with van der Waals surface area (Å²) in [4.78, 5) is 23.5. The van der Waals surface area contributed by atoms with Crippen molar-refractivity contribution in [1.29, 1.82) is 0 Å². The summed E-state index contributed by atoms with van der Waals surface area (Å²) in [7, 11) is 0. The highest BCUT2D eigenvalue weighted by Crippen LogP contribution is 2.20. The molecule has 0 aromatic heterocycles. The Labute approximate surface area is 124 Å². The van der Waals surface area contributed by atoms with Gasteiger partial charge in [0.05, 0.1) is 5.69 Å².